The lowest BCUT2D eigenvalue weighted by molar-refractivity contribution is 0.386. The first-order valence-corrected chi connectivity index (χ1v) is 7.12. The van der Waals surface area contributed by atoms with Crippen LogP contribution in [0.3, 0.4) is 0 Å². The molecule has 2 aromatic carbocycles. The van der Waals surface area contributed by atoms with Crippen LogP contribution in [0.15, 0.2) is 36.4 Å². The molecule has 0 heterocycles. The van der Waals surface area contributed by atoms with E-state index >= 15 is 0 Å². The summed E-state index contributed by atoms with van der Waals surface area (Å²) in [5, 5.41) is 1.10. The van der Waals surface area contributed by atoms with Gasteiger partial charge in [-0.15, -0.1) is 0 Å². The molecule has 0 radical (unpaired) electrons. The Morgan fingerprint density at radius 2 is 1.89 bits per heavy atom. The van der Waals surface area contributed by atoms with E-state index in [1.54, 1.807) is 24.3 Å². The number of halogens is 4. The molecule has 0 saturated carbocycles. The molecular weight excluding hydrogens is 354 g/mol. The fourth-order valence-electron chi connectivity index (χ4n) is 1.73. The molecule has 1 atom stereocenters. The van der Waals surface area contributed by atoms with Gasteiger partial charge in [0, 0.05) is 10.0 Å². The topological polar surface area (TPSA) is 9.23 Å². The van der Waals surface area contributed by atoms with Gasteiger partial charge in [0.25, 0.3) is 0 Å². The highest BCUT2D eigenvalue weighted by molar-refractivity contribution is 9.09. The van der Waals surface area contributed by atoms with Gasteiger partial charge in [0.15, 0.2) is 11.6 Å². The lowest BCUT2D eigenvalue weighted by Crippen LogP contribution is -1.96. The quantitative estimate of drug-likeness (QED) is 0.642. The summed E-state index contributed by atoms with van der Waals surface area (Å²) in [4.78, 5) is -0.210. The van der Waals surface area contributed by atoms with Crippen LogP contribution in [0, 0.1) is 5.82 Å². The van der Waals surface area contributed by atoms with E-state index in [2.05, 4.69) is 15.9 Å². The van der Waals surface area contributed by atoms with Crippen molar-refractivity contribution in [3.8, 4) is 5.75 Å². The molecule has 0 fully saturated rings. The summed E-state index contributed by atoms with van der Waals surface area (Å²) in [6.07, 6.45) is 0. The second-order valence-electron chi connectivity index (χ2n) is 3.92. The van der Waals surface area contributed by atoms with Crippen LogP contribution in [-0.4, -0.2) is 7.11 Å². The maximum Gasteiger partial charge on any atom is 0.165 e. The molecule has 5 heteroatoms. The number of ether oxygens (including phenoxy) is 1. The minimum absolute atomic E-state index is 0.210. The highest BCUT2D eigenvalue weighted by Crippen LogP contribution is 2.37. The fraction of sp³-hybridized carbons (Fsp3) is 0.143. The summed E-state index contributed by atoms with van der Waals surface area (Å²) in [6, 6.07) is 10.0. The van der Waals surface area contributed by atoms with Crippen LogP contribution in [0.5, 0.6) is 5.75 Å². The summed E-state index contributed by atoms with van der Waals surface area (Å²) >= 11 is 15.5. The Bertz CT molecular complexity index is 604. The van der Waals surface area contributed by atoms with Crippen molar-refractivity contribution in [1.82, 2.24) is 0 Å². The average molecular weight is 364 g/mol. The van der Waals surface area contributed by atoms with Gasteiger partial charge in [0.1, 0.15) is 0 Å². The maximum absolute atomic E-state index is 13.7. The Hall–Kier alpha value is -0.770. The molecule has 0 bridgehead atoms. The van der Waals surface area contributed by atoms with Gasteiger partial charge in [-0.2, -0.15) is 0 Å². The highest BCUT2D eigenvalue weighted by atomic mass is 79.9. The van der Waals surface area contributed by atoms with Crippen LogP contribution in [0.4, 0.5) is 4.39 Å². The van der Waals surface area contributed by atoms with Gasteiger partial charge >= 0.3 is 0 Å². The molecule has 2 aromatic rings. The highest BCUT2D eigenvalue weighted by Gasteiger charge is 2.16. The lowest BCUT2D eigenvalue weighted by atomic mass is 10.0. The van der Waals surface area contributed by atoms with Crippen LogP contribution in [0.25, 0.3) is 0 Å². The molecule has 0 aliphatic carbocycles. The fourth-order valence-corrected chi connectivity index (χ4v) is 3.06. The van der Waals surface area contributed by atoms with E-state index in [1.165, 1.54) is 13.2 Å². The zero-order valence-corrected chi connectivity index (χ0v) is 13.1. The summed E-state index contributed by atoms with van der Waals surface area (Å²) in [7, 11) is 1.43. The number of hydrogen-bond donors (Lipinski definition) is 0. The van der Waals surface area contributed by atoms with Crippen molar-refractivity contribution in [2.24, 2.45) is 0 Å². The Balaban J connectivity index is 2.38. The summed E-state index contributed by atoms with van der Waals surface area (Å²) in [5.74, 6) is -0.194. The molecule has 0 saturated heterocycles. The Labute approximate surface area is 129 Å². The molecule has 19 heavy (non-hydrogen) atoms. The van der Waals surface area contributed by atoms with Crippen LogP contribution in [0.2, 0.25) is 10.0 Å². The second-order valence-corrected chi connectivity index (χ2v) is 5.68. The molecule has 0 aliphatic heterocycles. The van der Waals surface area contributed by atoms with E-state index in [-0.39, 0.29) is 10.6 Å². The van der Waals surface area contributed by atoms with Crippen molar-refractivity contribution < 1.29 is 9.13 Å². The smallest absolute Gasteiger partial charge is 0.165 e. The number of methoxy groups -OCH3 is 1. The molecule has 0 amide bonds. The first kappa shape index (κ1) is 14.6. The third kappa shape index (κ3) is 3.22. The van der Waals surface area contributed by atoms with E-state index in [1.807, 2.05) is 6.07 Å². The summed E-state index contributed by atoms with van der Waals surface area (Å²) in [6.45, 7) is 0. The van der Waals surface area contributed by atoms with Gasteiger partial charge in [-0.3, -0.25) is 0 Å². The van der Waals surface area contributed by atoms with Gasteiger partial charge in [-0.25, -0.2) is 4.39 Å². The van der Waals surface area contributed by atoms with Crippen molar-refractivity contribution in [1.29, 1.82) is 0 Å². The predicted octanol–water partition coefficient (Wildman–Crippen LogP) is 5.63. The maximum atomic E-state index is 13.7. The monoisotopic (exact) mass is 362 g/mol. The molecule has 1 nitrogen and oxygen atoms in total. The zero-order valence-electron chi connectivity index (χ0n) is 9.96. The molecular formula is C14H10BrCl2FO. The minimum atomic E-state index is -0.408. The van der Waals surface area contributed by atoms with E-state index in [9.17, 15) is 4.39 Å². The van der Waals surface area contributed by atoms with Crippen LogP contribution >= 0.6 is 39.1 Å². The molecule has 100 valence electrons. The van der Waals surface area contributed by atoms with E-state index < -0.39 is 5.82 Å². The molecule has 0 spiro atoms. The van der Waals surface area contributed by atoms with Crippen LogP contribution in [0.1, 0.15) is 16.0 Å². The van der Waals surface area contributed by atoms with E-state index in [4.69, 9.17) is 27.9 Å². The van der Waals surface area contributed by atoms with Gasteiger partial charge in [-0.05, 0) is 35.4 Å². The third-order valence-corrected chi connectivity index (χ3v) is 4.29. The standard InChI is InChI=1S/C14H10BrCl2FO/c1-19-13-5-2-8(6-12(13)18)14(15)10-4-3-9(16)7-11(10)17/h2-7,14H,1H3. The second kappa shape index (κ2) is 6.12. The van der Waals surface area contributed by atoms with Gasteiger partial charge in [-0.1, -0.05) is 51.3 Å². The van der Waals surface area contributed by atoms with Crippen LogP contribution in [-0.2, 0) is 0 Å². The van der Waals surface area contributed by atoms with E-state index in [0.29, 0.717) is 10.0 Å². The normalized spacial score (nSPS) is 12.3. The predicted molar refractivity (Wildman–Crippen MR) is 80.2 cm³/mol. The zero-order chi connectivity index (χ0) is 14.0. The summed E-state index contributed by atoms with van der Waals surface area (Å²) < 4.78 is 18.6. The number of benzene rings is 2. The summed E-state index contributed by atoms with van der Waals surface area (Å²) in [5.41, 5.74) is 1.58. The van der Waals surface area contributed by atoms with Gasteiger partial charge in [0.05, 0.1) is 11.9 Å². The molecule has 0 aromatic heterocycles. The lowest BCUT2D eigenvalue weighted by Gasteiger charge is -2.14. The third-order valence-electron chi connectivity index (χ3n) is 2.70. The Morgan fingerprint density at radius 3 is 2.47 bits per heavy atom. The number of alkyl halides is 1. The van der Waals surface area contributed by atoms with Gasteiger partial charge in [0.2, 0.25) is 0 Å². The average Bonchev–Trinajstić information content (AvgIpc) is 2.38. The van der Waals surface area contributed by atoms with Crippen molar-refractivity contribution in [3.05, 3.63) is 63.4 Å². The Morgan fingerprint density at radius 1 is 1.16 bits per heavy atom. The molecule has 1 unspecified atom stereocenters. The molecule has 2 rings (SSSR count). The van der Waals surface area contributed by atoms with Crippen molar-refractivity contribution >= 4 is 39.1 Å². The largest absolute Gasteiger partial charge is 0.494 e. The SMILES string of the molecule is COc1ccc(C(Br)c2ccc(Cl)cc2Cl)cc1F. The first-order chi connectivity index (χ1) is 9.02. The first-order valence-electron chi connectivity index (χ1n) is 5.45. The van der Waals surface area contributed by atoms with Gasteiger partial charge < -0.3 is 4.74 Å². The minimum Gasteiger partial charge on any atom is -0.494 e. The van der Waals surface area contributed by atoms with E-state index in [0.717, 1.165) is 11.1 Å². The van der Waals surface area contributed by atoms with Crippen molar-refractivity contribution in [2.75, 3.05) is 7.11 Å². The number of rotatable bonds is 3. The number of hydrogen-bond acceptors (Lipinski definition) is 1. The molecule has 0 N–H and O–H groups in total. The van der Waals surface area contributed by atoms with Crippen molar-refractivity contribution in [3.63, 3.8) is 0 Å². The molecule has 0 aliphatic rings. The Kier molecular flexibility index (Phi) is 4.71. The van der Waals surface area contributed by atoms with Crippen molar-refractivity contribution in [2.45, 2.75) is 4.83 Å². The van der Waals surface area contributed by atoms with Crippen LogP contribution < -0.4 is 4.74 Å².